The van der Waals surface area contributed by atoms with E-state index in [9.17, 15) is 9.59 Å². The van der Waals surface area contributed by atoms with Crippen LogP contribution in [0.4, 0.5) is 10.5 Å². The number of nitrogens with zero attached hydrogens (tertiary/aromatic N) is 8. The molecule has 2 amide bonds. The van der Waals surface area contributed by atoms with Crippen LogP contribution in [0.3, 0.4) is 0 Å². The Hall–Kier alpha value is -5.37. The summed E-state index contributed by atoms with van der Waals surface area (Å²) in [6, 6.07) is 12.3. The molecule has 5 aromatic rings. The molecule has 0 saturated carbocycles. The zero-order chi connectivity index (χ0) is 38.2. The Kier molecular flexibility index (Phi) is 10.1. The molecule has 0 radical (unpaired) electrons. The maximum Gasteiger partial charge on any atom is 0.410 e. The minimum Gasteiger partial charge on any atom is -0.444 e. The third kappa shape index (κ3) is 8.08. The predicted molar refractivity (Wildman–Crippen MR) is 204 cm³/mol. The normalized spacial score (nSPS) is 16.8. The summed E-state index contributed by atoms with van der Waals surface area (Å²) in [5.74, 6) is 0.0357. The van der Waals surface area contributed by atoms with Crippen LogP contribution in [0.25, 0.3) is 33.5 Å². The van der Waals surface area contributed by atoms with Gasteiger partial charge in [-0.15, -0.1) is 0 Å². The molecule has 6 heterocycles. The predicted octanol–water partition coefficient (Wildman–Crippen LogP) is 6.84. The molecule has 0 spiro atoms. The summed E-state index contributed by atoms with van der Waals surface area (Å²) >= 11 is 0. The minimum atomic E-state index is -0.520. The van der Waals surface area contributed by atoms with Gasteiger partial charge in [-0.1, -0.05) is 38.1 Å². The molecule has 2 saturated heterocycles. The molecule has 1 unspecified atom stereocenters. The summed E-state index contributed by atoms with van der Waals surface area (Å²) < 4.78 is 18.9. The summed E-state index contributed by atoms with van der Waals surface area (Å²) in [7, 11) is 0. The van der Waals surface area contributed by atoms with E-state index >= 15 is 0 Å². The second-order valence-corrected chi connectivity index (χ2v) is 16.1. The number of hydrogen-bond acceptors (Lipinski definition) is 11. The first kappa shape index (κ1) is 37.0. The van der Waals surface area contributed by atoms with Crippen molar-refractivity contribution in [1.82, 2.24) is 40.1 Å². The maximum atomic E-state index is 12.8. The lowest BCUT2D eigenvalue weighted by Gasteiger charge is -2.36. The van der Waals surface area contributed by atoms with Crippen LogP contribution in [0.1, 0.15) is 94.7 Å². The molecule has 4 aromatic heterocycles. The van der Waals surface area contributed by atoms with E-state index in [2.05, 4.69) is 38.6 Å². The second kappa shape index (κ2) is 14.8. The van der Waals surface area contributed by atoms with E-state index in [-0.39, 0.29) is 23.6 Å². The van der Waals surface area contributed by atoms with Crippen molar-refractivity contribution in [2.45, 2.75) is 91.5 Å². The van der Waals surface area contributed by atoms with Gasteiger partial charge in [-0.25, -0.2) is 14.5 Å². The molecule has 14 nitrogen and oxygen atoms in total. The van der Waals surface area contributed by atoms with Gasteiger partial charge >= 0.3 is 6.09 Å². The van der Waals surface area contributed by atoms with Gasteiger partial charge in [-0.05, 0) is 82.3 Å². The highest BCUT2D eigenvalue weighted by molar-refractivity contribution is 5.94. The SMILES string of the molecule is Cc1cc(-c2nn(C3CCCCO3)c3ncc(-c4ccc(N5CCN(C(=O)OC(C)(C)C)CC5)cn4)cc23)ccc1CNC(=O)c1noc(C(C)(C)C)n1. The van der Waals surface area contributed by atoms with Gasteiger partial charge in [-0.2, -0.15) is 10.1 Å². The summed E-state index contributed by atoms with van der Waals surface area (Å²) in [5.41, 5.74) is 6.25. The molecule has 2 aliphatic heterocycles. The lowest BCUT2D eigenvalue weighted by molar-refractivity contribution is -0.0368. The Morgan fingerprint density at radius 1 is 0.944 bits per heavy atom. The van der Waals surface area contributed by atoms with Crippen molar-refractivity contribution in [3.8, 4) is 22.5 Å². The lowest BCUT2D eigenvalue weighted by atomic mass is 9.97. The Balaban J connectivity index is 1.11. The summed E-state index contributed by atoms with van der Waals surface area (Å²) in [6.45, 7) is 17.1. The highest BCUT2D eigenvalue weighted by Crippen LogP contribution is 2.35. The van der Waals surface area contributed by atoms with E-state index < -0.39 is 11.5 Å². The van der Waals surface area contributed by atoms with E-state index in [1.807, 2.05) is 83.7 Å². The molecule has 54 heavy (non-hydrogen) atoms. The fourth-order valence-corrected chi connectivity index (χ4v) is 6.63. The monoisotopic (exact) mass is 735 g/mol. The van der Waals surface area contributed by atoms with Gasteiger partial charge in [0.05, 0.1) is 17.6 Å². The number of ether oxygens (including phenoxy) is 2. The number of nitrogens with one attached hydrogen (secondary N) is 1. The van der Waals surface area contributed by atoms with Gasteiger partial charge in [0.1, 0.15) is 11.3 Å². The van der Waals surface area contributed by atoms with Gasteiger partial charge < -0.3 is 29.1 Å². The summed E-state index contributed by atoms with van der Waals surface area (Å²) in [6.07, 6.45) is 6.22. The quantitative estimate of drug-likeness (QED) is 0.187. The molecule has 0 aliphatic carbocycles. The Morgan fingerprint density at radius 3 is 2.39 bits per heavy atom. The van der Waals surface area contributed by atoms with Crippen LogP contribution in [0.2, 0.25) is 0 Å². The van der Waals surface area contributed by atoms with Crippen molar-refractivity contribution < 1.29 is 23.6 Å². The largest absolute Gasteiger partial charge is 0.444 e. The van der Waals surface area contributed by atoms with Crippen molar-refractivity contribution in [2.75, 3.05) is 37.7 Å². The van der Waals surface area contributed by atoms with E-state index in [0.717, 1.165) is 69.6 Å². The summed E-state index contributed by atoms with van der Waals surface area (Å²) in [5, 5.41) is 12.8. The van der Waals surface area contributed by atoms with Gasteiger partial charge in [-0.3, -0.25) is 9.78 Å². The molecular formula is C40H49N9O5. The van der Waals surface area contributed by atoms with Crippen molar-refractivity contribution in [2.24, 2.45) is 0 Å². The number of piperazine rings is 1. The van der Waals surface area contributed by atoms with Crippen LogP contribution in [0.5, 0.6) is 0 Å². The number of amides is 2. The van der Waals surface area contributed by atoms with Crippen LogP contribution in [0, 0.1) is 6.92 Å². The number of fused-ring (bicyclic) bond motifs is 1. The average Bonchev–Trinajstić information content (AvgIpc) is 3.81. The van der Waals surface area contributed by atoms with E-state index in [1.54, 1.807) is 4.90 Å². The van der Waals surface area contributed by atoms with Crippen LogP contribution in [-0.4, -0.2) is 85.2 Å². The number of anilines is 1. The molecule has 1 atom stereocenters. The minimum absolute atomic E-state index is 0.0155. The highest BCUT2D eigenvalue weighted by atomic mass is 16.6. The van der Waals surface area contributed by atoms with Gasteiger partial charge in [0.25, 0.3) is 11.7 Å². The standard InChI is InChI=1S/C40H49N9O5/c1-25-20-26(11-12-27(25)22-43-36(50)34-44-37(54-46-34)39(2,3)4)33-30-21-28(23-42-35(30)49(45-33)32-10-8-9-19-52-32)31-14-13-29(24-41-31)47-15-17-48(18-16-47)38(51)53-40(5,6)7/h11-14,20-21,23-24,32H,8-10,15-19,22H2,1-7H3,(H,43,50). The Morgan fingerprint density at radius 2 is 1.74 bits per heavy atom. The number of aromatic nitrogens is 6. The lowest BCUT2D eigenvalue weighted by Crippen LogP contribution is -2.50. The number of rotatable bonds is 7. The molecule has 2 aliphatic rings. The van der Waals surface area contributed by atoms with Crippen LogP contribution >= 0.6 is 0 Å². The second-order valence-electron chi connectivity index (χ2n) is 16.1. The molecule has 2 fully saturated rings. The van der Waals surface area contributed by atoms with Crippen molar-refractivity contribution >= 4 is 28.7 Å². The van der Waals surface area contributed by atoms with Gasteiger partial charge in [0, 0.05) is 67.5 Å². The molecule has 1 N–H and O–H groups in total. The number of benzene rings is 1. The average molecular weight is 736 g/mol. The smallest absolute Gasteiger partial charge is 0.410 e. The number of hydrogen-bond donors (Lipinski definition) is 1. The number of carbonyl (C=O) groups excluding carboxylic acids is 2. The fourth-order valence-electron chi connectivity index (χ4n) is 6.63. The molecule has 1 aromatic carbocycles. The zero-order valence-electron chi connectivity index (χ0n) is 32.2. The highest BCUT2D eigenvalue weighted by Gasteiger charge is 2.28. The summed E-state index contributed by atoms with van der Waals surface area (Å²) in [4.78, 5) is 43.4. The Bertz CT molecular complexity index is 2130. The molecule has 7 rings (SSSR count). The third-order valence-electron chi connectivity index (χ3n) is 9.64. The number of aryl methyl sites for hydroxylation is 1. The zero-order valence-corrected chi connectivity index (χ0v) is 32.2. The van der Waals surface area contributed by atoms with Crippen LogP contribution < -0.4 is 10.2 Å². The molecular weight excluding hydrogens is 686 g/mol. The van der Waals surface area contributed by atoms with Crippen LogP contribution in [-0.2, 0) is 21.4 Å². The molecule has 14 heteroatoms. The van der Waals surface area contributed by atoms with Gasteiger partial charge in [0.15, 0.2) is 11.9 Å². The maximum absolute atomic E-state index is 12.8. The van der Waals surface area contributed by atoms with E-state index in [1.165, 1.54) is 0 Å². The van der Waals surface area contributed by atoms with E-state index in [4.69, 9.17) is 29.1 Å². The first-order valence-electron chi connectivity index (χ1n) is 18.6. The number of carbonyl (C=O) groups is 2. The van der Waals surface area contributed by atoms with E-state index in [0.29, 0.717) is 45.2 Å². The van der Waals surface area contributed by atoms with Crippen molar-refractivity contribution in [1.29, 1.82) is 0 Å². The van der Waals surface area contributed by atoms with Crippen molar-refractivity contribution in [3.05, 3.63) is 71.6 Å². The molecule has 284 valence electrons. The first-order chi connectivity index (χ1) is 25.7. The van der Waals surface area contributed by atoms with Crippen molar-refractivity contribution in [3.63, 3.8) is 0 Å². The fraction of sp³-hybridized carbons (Fsp3) is 0.475. The number of pyridine rings is 2. The Labute approximate surface area is 315 Å². The van der Waals surface area contributed by atoms with Gasteiger partial charge in [0.2, 0.25) is 5.89 Å². The third-order valence-corrected chi connectivity index (χ3v) is 9.64. The van der Waals surface area contributed by atoms with Crippen LogP contribution in [0.15, 0.2) is 53.3 Å². The molecule has 0 bridgehead atoms. The topological polar surface area (TPSA) is 154 Å². The first-order valence-corrected chi connectivity index (χ1v) is 18.6.